The lowest BCUT2D eigenvalue weighted by molar-refractivity contribution is -0.140. The molecule has 1 atom stereocenters. The van der Waals surface area contributed by atoms with E-state index in [2.05, 4.69) is 16.0 Å². The summed E-state index contributed by atoms with van der Waals surface area (Å²) in [5.74, 6) is -2.13. The largest absolute Gasteiger partial charge is 0.481 e. The van der Waals surface area contributed by atoms with Crippen LogP contribution in [0.15, 0.2) is 0 Å². The van der Waals surface area contributed by atoms with E-state index in [1.54, 1.807) is 6.29 Å². The first-order chi connectivity index (χ1) is 26.4. The lowest BCUT2D eigenvalue weighted by atomic mass is 10.0. The van der Waals surface area contributed by atoms with Crippen molar-refractivity contribution in [3.63, 3.8) is 0 Å². The van der Waals surface area contributed by atoms with Crippen molar-refractivity contribution in [1.29, 1.82) is 0 Å². The van der Waals surface area contributed by atoms with Crippen molar-refractivity contribution < 1.29 is 53.1 Å². The van der Waals surface area contributed by atoms with Gasteiger partial charge in [-0.3, -0.25) is 24.0 Å². The number of hydrogen-bond acceptors (Lipinski definition) is 10. The maximum absolute atomic E-state index is 12.2. The first kappa shape index (κ1) is 51.4. The molecule has 5 N–H and O–H groups in total. The van der Waals surface area contributed by atoms with Gasteiger partial charge in [0.1, 0.15) is 19.3 Å². The molecule has 315 valence electrons. The third-order valence-electron chi connectivity index (χ3n) is 8.94. The Morgan fingerprint density at radius 2 is 0.907 bits per heavy atom. The van der Waals surface area contributed by atoms with Crippen molar-refractivity contribution in [2.24, 2.45) is 0 Å². The summed E-state index contributed by atoms with van der Waals surface area (Å²) in [5, 5.41) is 26.6. The van der Waals surface area contributed by atoms with Crippen LogP contribution in [-0.4, -0.2) is 119 Å². The highest BCUT2D eigenvalue weighted by atomic mass is 16.5. The van der Waals surface area contributed by atoms with Crippen molar-refractivity contribution in [2.45, 2.75) is 154 Å². The minimum atomic E-state index is -0.945. The van der Waals surface area contributed by atoms with Gasteiger partial charge in [0.15, 0.2) is 0 Å². The van der Waals surface area contributed by atoms with E-state index in [9.17, 15) is 29.1 Å². The molecule has 14 heteroatoms. The number of carboxylic acids is 2. The maximum Gasteiger partial charge on any atom is 0.320 e. The van der Waals surface area contributed by atoms with E-state index in [-0.39, 0.29) is 64.3 Å². The van der Waals surface area contributed by atoms with Gasteiger partial charge < -0.3 is 45.1 Å². The van der Waals surface area contributed by atoms with Crippen molar-refractivity contribution in [3.05, 3.63) is 0 Å². The first-order valence-electron chi connectivity index (χ1n) is 20.7. The van der Waals surface area contributed by atoms with Crippen LogP contribution < -0.4 is 16.0 Å². The van der Waals surface area contributed by atoms with Gasteiger partial charge in [-0.15, -0.1) is 0 Å². The van der Waals surface area contributed by atoms with E-state index in [0.717, 1.165) is 32.1 Å². The van der Waals surface area contributed by atoms with Gasteiger partial charge in [-0.05, 0) is 25.8 Å². The zero-order chi connectivity index (χ0) is 39.6. The average molecular weight is 773 g/mol. The van der Waals surface area contributed by atoms with Crippen LogP contribution in [0.25, 0.3) is 0 Å². The Morgan fingerprint density at radius 3 is 1.37 bits per heavy atom. The molecule has 0 spiro atoms. The molecule has 0 bridgehead atoms. The number of carbonyl (C=O) groups is 4. The Morgan fingerprint density at radius 1 is 0.481 bits per heavy atom. The summed E-state index contributed by atoms with van der Waals surface area (Å²) in [4.78, 5) is 56.0. The van der Waals surface area contributed by atoms with Crippen LogP contribution >= 0.6 is 0 Å². The van der Waals surface area contributed by atoms with Crippen LogP contribution in [0.5, 0.6) is 0 Å². The summed E-state index contributed by atoms with van der Waals surface area (Å²) in [6.07, 6.45) is 26.7. The highest BCUT2D eigenvalue weighted by molar-refractivity contribution is 5.78. The number of carbonyl (C=O) groups excluding carboxylic acids is 3. The Labute approximate surface area is 324 Å². The average Bonchev–Trinajstić information content (AvgIpc) is 3.14. The zero-order valence-corrected chi connectivity index (χ0v) is 33.2. The van der Waals surface area contributed by atoms with Crippen LogP contribution in [0.3, 0.4) is 0 Å². The first-order valence-corrected chi connectivity index (χ1v) is 20.7. The number of aliphatic carboxylic acids is 2. The SMILES string of the molecule is O=[C]COCCOCCNC(=O)COCCOCCNC(=O)CC[C@H](NCCCCCCCCCCCCCCCCCCCCCCC(=O)O)C(=O)O. The second-order valence-electron chi connectivity index (χ2n) is 13.8. The van der Waals surface area contributed by atoms with E-state index >= 15 is 0 Å². The van der Waals surface area contributed by atoms with Gasteiger partial charge in [0.05, 0.1) is 39.6 Å². The van der Waals surface area contributed by atoms with Crippen molar-refractivity contribution >= 4 is 30.0 Å². The third-order valence-corrected chi connectivity index (χ3v) is 8.94. The smallest absolute Gasteiger partial charge is 0.320 e. The van der Waals surface area contributed by atoms with E-state index < -0.39 is 18.0 Å². The molecule has 0 aliphatic carbocycles. The van der Waals surface area contributed by atoms with Crippen molar-refractivity contribution in [1.82, 2.24) is 16.0 Å². The summed E-state index contributed by atoms with van der Waals surface area (Å²) < 4.78 is 20.8. The minimum absolute atomic E-state index is 0.0855. The fraction of sp³-hybridized carbons (Fsp3) is 0.875. The van der Waals surface area contributed by atoms with Crippen LogP contribution in [0.4, 0.5) is 0 Å². The number of carboxylic acid groups (broad SMARTS) is 2. The molecule has 0 rings (SSSR count). The predicted octanol–water partition coefficient (Wildman–Crippen LogP) is 5.49. The third kappa shape index (κ3) is 40.5. The molecule has 2 amide bonds. The maximum atomic E-state index is 12.2. The van der Waals surface area contributed by atoms with Crippen LogP contribution in [0.1, 0.15) is 148 Å². The Balaban J connectivity index is 3.49. The molecule has 0 saturated heterocycles. The summed E-state index contributed by atoms with van der Waals surface area (Å²) in [7, 11) is 0. The van der Waals surface area contributed by atoms with Crippen LogP contribution in [0.2, 0.25) is 0 Å². The van der Waals surface area contributed by atoms with E-state index in [1.165, 1.54) is 96.3 Å². The highest BCUT2D eigenvalue weighted by Gasteiger charge is 2.17. The molecule has 14 nitrogen and oxygen atoms in total. The summed E-state index contributed by atoms with van der Waals surface area (Å²) in [5.41, 5.74) is 0. The van der Waals surface area contributed by atoms with Gasteiger partial charge in [0, 0.05) is 25.9 Å². The zero-order valence-electron chi connectivity index (χ0n) is 33.2. The molecule has 0 fully saturated rings. The van der Waals surface area contributed by atoms with Crippen LogP contribution in [0, 0.1) is 0 Å². The number of amides is 2. The topological polar surface area (TPSA) is 199 Å². The summed E-state index contributed by atoms with van der Waals surface area (Å²) in [6.45, 7) is 2.74. The molecule has 0 saturated carbocycles. The minimum Gasteiger partial charge on any atom is -0.481 e. The fourth-order valence-corrected chi connectivity index (χ4v) is 5.83. The number of nitrogens with one attached hydrogen (secondary N) is 3. The summed E-state index contributed by atoms with van der Waals surface area (Å²) in [6, 6.07) is -0.749. The number of ether oxygens (including phenoxy) is 4. The predicted molar refractivity (Wildman–Crippen MR) is 208 cm³/mol. The molecule has 0 heterocycles. The van der Waals surface area contributed by atoms with Gasteiger partial charge >= 0.3 is 11.9 Å². The van der Waals surface area contributed by atoms with Crippen molar-refractivity contribution in [2.75, 3.05) is 72.5 Å². The fourth-order valence-electron chi connectivity index (χ4n) is 5.83. The molecular weight excluding hydrogens is 698 g/mol. The highest BCUT2D eigenvalue weighted by Crippen LogP contribution is 2.15. The number of unbranched alkanes of at least 4 members (excludes halogenated alkanes) is 19. The normalized spacial score (nSPS) is 11.7. The molecule has 0 aliphatic rings. The van der Waals surface area contributed by atoms with E-state index in [0.29, 0.717) is 39.3 Å². The second kappa shape index (κ2) is 41.5. The quantitative estimate of drug-likeness (QED) is 0.0489. The van der Waals surface area contributed by atoms with Crippen LogP contribution in [-0.2, 0) is 42.9 Å². The lowest BCUT2D eigenvalue weighted by Gasteiger charge is -2.14. The lowest BCUT2D eigenvalue weighted by Crippen LogP contribution is -2.38. The molecular formula is C40H74N3O11. The van der Waals surface area contributed by atoms with E-state index in [1.807, 2.05) is 0 Å². The number of hydrogen-bond donors (Lipinski definition) is 5. The Bertz CT molecular complexity index is 910. The molecule has 1 radical (unpaired) electrons. The standard InChI is InChI=1S/C40H74N3O11/c44-27-30-53-32-31-51-29-26-43-38(46)35-54-34-33-52-28-25-42-37(45)23-22-36(40(49)50)41-24-20-18-16-14-12-10-8-6-4-2-1-3-5-7-9-11-13-15-17-19-21-39(47)48/h36,41H,1-26,28-35H2,(H,42,45)(H,43,46)(H,47,48)(H,49,50)/t36-/m0/s1. The summed E-state index contributed by atoms with van der Waals surface area (Å²) >= 11 is 0. The second-order valence-corrected chi connectivity index (χ2v) is 13.8. The number of rotatable bonds is 44. The van der Waals surface area contributed by atoms with Gasteiger partial charge in [-0.2, -0.15) is 0 Å². The molecule has 0 aromatic carbocycles. The van der Waals surface area contributed by atoms with Gasteiger partial charge in [-0.25, -0.2) is 0 Å². The van der Waals surface area contributed by atoms with Gasteiger partial charge in [0.25, 0.3) is 0 Å². The molecule has 0 aliphatic heterocycles. The van der Waals surface area contributed by atoms with Gasteiger partial charge in [-0.1, -0.05) is 116 Å². The van der Waals surface area contributed by atoms with Gasteiger partial charge in [0.2, 0.25) is 18.1 Å². The molecule has 0 unspecified atom stereocenters. The monoisotopic (exact) mass is 773 g/mol. The molecule has 0 aromatic heterocycles. The Kier molecular flexibility index (Phi) is 39.5. The van der Waals surface area contributed by atoms with Crippen molar-refractivity contribution in [3.8, 4) is 0 Å². The molecule has 54 heavy (non-hydrogen) atoms. The molecule has 0 aromatic rings. The Hall–Kier alpha value is -2.65. The van der Waals surface area contributed by atoms with E-state index in [4.69, 9.17) is 24.1 Å².